The highest BCUT2D eigenvalue weighted by molar-refractivity contribution is 5.96. The fraction of sp³-hybridized carbons (Fsp3) is 0.133. The van der Waals surface area contributed by atoms with Crippen LogP contribution in [0.5, 0.6) is 0 Å². The van der Waals surface area contributed by atoms with E-state index in [1.165, 1.54) is 0 Å². The molecule has 3 nitrogen and oxygen atoms in total. The first-order valence-corrected chi connectivity index (χ1v) is 5.70. The molecule has 0 saturated heterocycles. The number of Topliss-reactive ketones (excluding diaryl/α,β-unsaturated/α-hetero) is 1. The van der Waals surface area contributed by atoms with Gasteiger partial charge in [-0.25, -0.2) is 0 Å². The molecule has 1 aromatic heterocycles. The van der Waals surface area contributed by atoms with Crippen molar-refractivity contribution in [3.8, 4) is 6.07 Å². The number of ketones is 1. The summed E-state index contributed by atoms with van der Waals surface area (Å²) in [6.07, 6.45) is 1.80. The monoisotopic (exact) mass is 236 g/mol. The lowest BCUT2D eigenvalue weighted by atomic mass is 9.96. The summed E-state index contributed by atoms with van der Waals surface area (Å²) in [5, 5.41) is 9.13. The molecular weight excluding hydrogens is 224 g/mol. The fourth-order valence-corrected chi connectivity index (χ4v) is 1.73. The van der Waals surface area contributed by atoms with Gasteiger partial charge in [0.15, 0.2) is 5.78 Å². The van der Waals surface area contributed by atoms with E-state index in [1.807, 2.05) is 24.3 Å². The minimum atomic E-state index is -0.487. The zero-order valence-corrected chi connectivity index (χ0v) is 9.78. The van der Waals surface area contributed by atoms with Crippen LogP contribution in [0.15, 0.2) is 54.7 Å². The lowest BCUT2D eigenvalue weighted by Crippen LogP contribution is -2.07. The van der Waals surface area contributed by atoms with E-state index in [-0.39, 0.29) is 12.2 Å². The van der Waals surface area contributed by atoms with Crippen LogP contribution in [0.25, 0.3) is 0 Å². The van der Waals surface area contributed by atoms with Crippen LogP contribution in [-0.4, -0.2) is 10.8 Å². The van der Waals surface area contributed by atoms with Crippen LogP contribution in [-0.2, 0) is 0 Å². The molecule has 2 aromatic rings. The van der Waals surface area contributed by atoms with Gasteiger partial charge >= 0.3 is 0 Å². The minimum Gasteiger partial charge on any atom is -0.294 e. The lowest BCUT2D eigenvalue weighted by molar-refractivity contribution is 0.0978. The largest absolute Gasteiger partial charge is 0.294 e. The zero-order valence-electron chi connectivity index (χ0n) is 9.78. The third-order valence-electron chi connectivity index (χ3n) is 2.69. The van der Waals surface area contributed by atoms with E-state index in [0.717, 1.165) is 0 Å². The zero-order chi connectivity index (χ0) is 12.8. The molecule has 0 N–H and O–H groups in total. The normalized spacial score (nSPS) is 11.5. The first-order chi connectivity index (χ1) is 8.81. The number of hydrogen-bond acceptors (Lipinski definition) is 3. The molecule has 0 radical (unpaired) electrons. The summed E-state index contributed by atoms with van der Waals surface area (Å²) in [5.74, 6) is -0.522. The van der Waals surface area contributed by atoms with Crippen LogP contribution in [0.3, 0.4) is 0 Å². The standard InChI is InChI=1S/C15H12N2O/c16-11-13(14-8-4-5-9-17-14)10-15(18)12-6-2-1-3-7-12/h1-9,13H,10H2. The minimum absolute atomic E-state index is 0.0344. The van der Waals surface area contributed by atoms with Crippen molar-refractivity contribution in [1.82, 2.24) is 4.98 Å². The van der Waals surface area contributed by atoms with Crippen molar-refractivity contribution in [1.29, 1.82) is 5.26 Å². The molecule has 0 aliphatic rings. The highest BCUT2D eigenvalue weighted by Crippen LogP contribution is 2.18. The number of carbonyl (C=O) groups excluding carboxylic acids is 1. The molecule has 2 rings (SSSR count). The summed E-state index contributed by atoms with van der Waals surface area (Å²) >= 11 is 0. The first kappa shape index (κ1) is 12.0. The third kappa shape index (κ3) is 2.80. The number of rotatable bonds is 4. The molecule has 0 saturated carbocycles. The third-order valence-corrected chi connectivity index (χ3v) is 2.69. The van der Waals surface area contributed by atoms with E-state index >= 15 is 0 Å². The second-order valence-corrected chi connectivity index (χ2v) is 3.93. The highest BCUT2D eigenvalue weighted by atomic mass is 16.1. The summed E-state index contributed by atoms with van der Waals surface area (Å²) in [5.41, 5.74) is 1.28. The molecule has 0 aliphatic carbocycles. The molecule has 1 aromatic carbocycles. The van der Waals surface area contributed by atoms with Crippen LogP contribution in [0.2, 0.25) is 0 Å². The van der Waals surface area contributed by atoms with E-state index in [9.17, 15) is 4.79 Å². The average molecular weight is 236 g/mol. The van der Waals surface area contributed by atoms with Gasteiger partial charge in [-0.1, -0.05) is 36.4 Å². The summed E-state index contributed by atoms with van der Waals surface area (Å²) in [7, 11) is 0. The van der Waals surface area contributed by atoms with Crippen molar-refractivity contribution in [2.24, 2.45) is 0 Å². The summed E-state index contributed by atoms with van der Waals surface area (Å²) in [4.78, 5) is 16.1. The summed E-state index contributed by atoms with van der Waals surface area (Å²) in [6.45, 7) is 0. The second-order valence-electron chi connectivity index (χ2n) is 3.93. The van der Waals surface area contributed by atoms with Crippen molar-refractivity contribution in [2.45, 2.75) is 12.3 Å². The van der Waals surface area contributed by atoms with E-state index in [1.54, 1.807) is 30.5 Å². The Bertz CT molecular complexity index is 558. The van der Waals surface area contributed by atoms with Gasteiger partial charge < -0.3 is 0 Å². The Morgan fingerprint density at radius 1 is 1.17 bits per heavy atom. The van der Waals surface area contributed by atoms with Crippen molar-refractivity contribution in [3.05, 3.63) is 66.0 Å². The number of carbonyl (C=O) groups is 1. The van der Waals surface area contributed by atoms with Crippen molar-refractivity contribution < 1.29 is 4.79 Å². The van der Waals surface area contributed by atoms with Crippen LogP contribution in [0.4, 0.5) is 0 Å². The van der Waals surface area contributed by atoms with Gasteiger partial charge in [-0.3, -0.25) is 9.78 Å². The summed E-state index contributed by atoms with van der Waals surface area (Å²) in [6, 6.07) is 16.5. The SMILES string of the molecule is N#CC(CC(=O)c1ccccc1)c1ccccn1. The molecule has 88 valence electrons. The topological polar surface area (TPSA) is 53.8 Å². The van der Waals surface area contributed by atoms with Crippen molar-refractivity contribution in [2.75, 3.05) is 0 Å². The Morgan fingerprint density at radius 2 is 1.89 bits per heavy atom. The number of hydrogen-bond donors (Lipinski definition) is 0. The van der Waals surface area contributed by atoms with Crippen molar-refractivity contribution >= 4 is 5.78 Å². The maximum atomic E-state index is 12.0. The number of aromatic nitrogens is 1. The van der Waals surface area contributed by atoms with Gasteiger partial charge in [0.2, 0.25) is 0 Å². The van der Waals surface area contributed by atoms with E-state index in [4.69, 9.17) is 5.26 Å². The molecule has 1 unspecified atom stereocenters. The molecular formula is C15H12N2O. The summed E-state index contributed by atoms with van der Waals surface area (Å²) < 4.78 is 0. The predicted molar refractivity (Wildman–Crippen MR) is 68.0 cm³/mol. The lowest BCUT2D eigenvalue weighted by Gasteiger charge is -2.07. The van der Waals surface area contributed by atoms with Gasteiger partial charge in [0.1, 0.15) is 0 Å². The quantitative estimate of drug-likeness (QED) is 0.767. The van der Waals surface area contributed by atoms with Gasteiger partial charge in [0.05, 0.1) is 17.7 Å². The molecule has 0 amide bonds. The first-order valence-electron chi connectivity index (χ1n) is 5.70. The Hall–Kier alpha value is -2.47. The average Bonchev–Trinajstić information content (AvgIpc) is 2.46. The molecule has 18 heavy (non-hydrogen) atoms. The second kappa shape index (κ2) is 5.74. The van der Waals surface area contributed by atoms with Crippen LogP contribution < -0.4 is 0 Å². The highest BCUT2D eigenvalue weighted by Gasteiger charge is 2.17. The molecule has 0 fully saturated rings. The van der Waals surface area contributed by atoms with E-state index < -0.39 is 5.92 Å². The molecule has 3 heteroatoms. The van der Waals surface area contributed by atoms with Gasteiger partial charge in [-0.2, -0.15) is 5.26 Å². The molecule has 0 bridgehead atoms. The van der Waals surface area contributed by atoms with E-state index in [0.29, 0.717) is 11.3 Å². The smallest absolute Gasteiger partial charge is 0.164 e. The van der Waals surface area contributed by atoms with Crippen LogP contribution in [0, 0.1) is 11.3 Å². The number of nitrogens with zero attached hydrogens (tertiary/aromatic N) is 2. The van der Waals surface area contributed by atoms with Gasteiger partial charge in [-0.05, 0) is 12.1 Å². The molecule has 0 spiro atoms. The maximum Gasteiger partial charge on any atom is 0.164 e. The van der Waals surface area contributed by atoms with Gasteiger partial charge in [0.25, 0.3) is 0 Å². The Labute approximate surface area is 106 Å². The van der Waals surface area contributed by atoms with Crippen LogP contribution >= 0.6 is 0 Å². The van der Waals surface area contributed by atoms with Crippen molar-refractivity contribution in [3.63, 3.8) is 0 Å². The van der Waals surface area contributed by atoms with Gasteiger partial charge in [0, 0.05) is 18.2 Å². The number of pyridine rings is 1. The fourth-order valence-electron chi connectivity index (χ4n) is 1.73. The van der Waals surface area contributed by atoms with Gasteiger partial charge in [-0.15, -0.1) is 0 Å². The Kier molecular flexibility index (Phi) is 3.83. The number of nitriles is 1. The molecule has 0 aliphatic heterocycles. The Balaban J connectivity index is 2.14. The maximum absolute atomic E-state index is 12.0. The van der Waals surface area contributed by atoms with E-state index in [2.05, 4.69) is 11.1 Å². The molecule has 1 heterocycles. The molecule has 1 atom stereocenters. The number of benzene rings is 1. The Morgan fingerprint density at radius 3 is 2.50 bits per heavy atom. The predicted octanol–water partition coefficient (Wildman–Crippen LogP) is 2.96. The van der Waals surface area contributed by atoms with Crippen LogP contribution in [0.1, 0.15) is 28.4 Å².